The molecule has 0 radical (unpaired) electrons. The number of para-hydroxylation sites is 1. The van der Waals surface area contributed by atoms with Gasteiger partial charge in [-0.1, -0.05) is 30.3 Å². The molecule has 2 amide bonds. The average Bonchev–Trinajstić information content (AvgIpc) is 3.07. The molecular formula is C37H50N6O3. The van der Waals surface area contributed by atoms with Crippen molar-refractivity contribution in [2.75, 3.05) is 56.2 Å². The first-order chi connectivity index (χ1) is 22.1. The highest BCUT2D eigenvalue weighted by Crippen LogP contribution is 2.30. The summed E-state index contributed by atoms with van der Waals surface area (Å²) in [6.07, 6.45) is 2.70. The van der Waals surface area contributed by atoms with Crippen LogP contribution in [0, 0.1) is 26.7 Å². The van der Waals surface area contributed by atoms with Crippen molar-refractivity contribution >= 4 is 23.5 Å². The Balaban J connectivity index is 1.39. The van der Waals surface area contributed by atoms with Crippen molar-refractivity contribution in [1.82, 2.24) is 19.8 Å². The second-order valence-electron chi connectivity index (χ2n) is 13.1. The van der Waals surface area contributed by atoms with Crippen LogP contribution in [0.3, 0.4) is 0 Å². The van der Waals surface area contributed by atoms with Crippen LogP contribution in [0.4, 0.5) is 11.6 Å². The van der Waals surface area contributed by atoms with Crippen molar-refractivity contribution in [3.8, 4) is 5.75 Å². The van der Waals surface area contributed by atoms with Gasteiger partial charge in [0.1, 0.15) is 5.75 Å². The minimum atomic E-state index is -0.0548. The number of piperidine rings is 1. The highest BCUT2D eigenvalue weighted by Gasteiger charge is 2.32. The van der Waals surface area contributed by atoms with Crippen LogP contribution < -0.4 is 14.5 Å². The van der Waals surface area contributed by atoms with E-state index in [1.165, 1.54) is 0 Å². The van der Waals surface area contributed by atoms with E-state index in [0.29, 0.717) is 32.1 Å². The van der Waals surface area contributed by atoms with Crippen molar-refractivity contribution in [2.24, 2.45) is 5.92 Å². The summed E-state index contributed by atoms with van der Waals surface area (Å²) in [5.74, 6) is 1.74. The Kier molecular flexibility index (Phi) is 10.9. The van der Waals surface area contributed by atoms with E-state index in [0.717, 1.165) is 90.9 Å². The number of anilines is 2. The summed E-state index contributed by atoms with van der Waals surface area (Å²) in [5.41, 5.74) is 5.89. The molecule has 1 fully saturated rings. The zero-order chi connectivity index (χ0) is 32.8. The van der Waals surface area contributed by atoms with Crippen LogP contribution >= 0.6 is 0 Å². The fraction of sp³-hybridized carbons (Fsp3) is 0.514. The molecule has 9 heteroatoms. The largest absolute Gasteiger partial charge is 0.497 e. The number of methoxy groups -OCH3 is 1. The summed E-state index contributed by atoms with van der Waals surface area (Å²) in [5, 5.41) is 0. The molecule has 0 unspecified atom stereocenters. The number of ether oxygens (including phenoxy) is 1. The van der Waals surface area contributed by atoms with E-state index in [2.05, 4.69) is 57.6 Å². The van der Waals surface area contributed by atoms with Crippen LogP contribution in [-0.2, 0) is 22.6 Å². The maximum absolute atomic E-state index is 14.3. The summed E-state index contributed by atoms with van der Waals surface area (Å²) in [6, 6.07) is 16.3. The van der Waals surface area contributed by atoms with Crippen LogP contribution in [0.2, 0.25) is 0 Å². The first-order valence-electron chi connectivity index (χ1n) is 16.7. The van der Waals surface area contributed by atoms with E-state index in [1.54, 1.807) is 7.11 Å². The Morgan fingerprint density at radius 1 is 0.891 bits per heavy atom. The standard InChI is InChI=1S/C37H50N6O3/c1-26(2)40-17-8-18-43(34(44)24-30-11-13-33(46-6)14-12-30)35-27(3)9-7-10-32(35)25-42(22-21-40)36(45)31-15-19-41(20-16-31)37-38-28(4)23-29(5)39-37/h7,9-14,23,26,31H,8,15-22,24-25H2,1-6H3. The average molecular weight is 627 g/mol. The molecule has 2 aromatic carbocycles. The molecule has 0 saturated carbocycles. The van der Waals surface area contributed by atoms with Gasteiger partial charge in [-0.25, -0.2) is 9.97 Å². The molecule has 5 rings (SSSR count). The predicted molar refractivity (Wildman–Crippen MR) is 183 cm³/mol. The van der Waals surface area contributed by atoms with Gasteiger partial charge in [0.2, 0.25) is 17.8 Å². The number of benzene rings is 2. The van der Waals surface area contributed by atoms with Crippen LogP contribution in [0.15, 0.2) is 48.5 Å². The van der Waals surface area contributed by atoms with Crippen molar-refractivity contribution in [3.63, 3.8) is 0 Å². The van der Waals surface area contributed by atoms with Gasteiger partial charge in [-0.05, 0) is 88.8 Å². The molecule has 0 atom stereocenters. The summed E-state index contributed by atoms with van der Waals surface area (Å²) >= 11 is 0. The van der Waals surface area contributed by atoms with E-state index >= 15 is 0 Å². The quantitative estimate of drug-likeness (QED) is 0.365. The first kappa shape index (κ1) is 33.4. The maximum atomic E-state index is 14.3. The Bertz CT molecular complexity index is 1480. The molecule has 9 nitrogen and oxygen atoms in total. The molecule has 3 heterocycles. The summed E-state index contributed by atoms with van der Waals surface area (Å²) < 4.78 is 5.32. The minimum absolute atomic E-state index is 0.0548. The summed E-state index contributed by atoms with van der Waals surface area (Å²) in [6.45, 7) is 15.4. The van der Waals surface area contributed by atoms with Crippen LogP contribution in [0.25, 0.3) is 0 Å². The third-order valence-electron chi connectivity index (χ3n) is 9.39. The molecule has 1 aromatic heterocycles. The lowest BCUT2D eigenvalue weighted by Gasteiger charge is -2.36. The van der Waals surface area contributed by atoms with E-state index in [1.807, 2.05) is 55.1 Å². The van der Waals surface area contributed by atoms with Gasteiger partial charge < -0.3 is 19.4 Å². The number of amides is 2. The number of fused-ring (bicyclic) bond motifs is 1. The van der Waals surface area contributed by atoms with E-state index in [9.17, 15) is 9.59 Å². The number of carbonyl (C=O) groups excluding carboxylic acids is 2. The third kappa shape index (κ3) is 8.05. The number of aromatic nitrogens is 2. The Labute approximate surface area is 274 Å². The number of hydrogen-bond donors (Lipinski definition) is 0. The molecule has 0 bridgehead atoms. The van der Waals surface area contributed by atoms with Gasteiger partial charge in [0, 0.05) is 69.2 Å². The zero-order valence-corrected chi connectivity index (χ0v) is 28.5. The van der Waals surface area contributed by atoms with Gasteiger partial charge in [-0.15, -0.1) is 0 Å². The Hall–Kier alpha value is -3.98. The normalized spacial score (nSPS) is 17.1. The van der Waals surface area contributed by atoms with Crippen molar-refractivity contribution in [1.29, 1.82) is 0 Å². The van der Waals surface area contributed by atoms with E-state index < -0.39 is 0 Å². The van der Waals surface area contributed by atoms with Gasteiger partial charge in [0.15, 0.2) is 0 Å². The summed E-state index contributed by atoms with van der Waals surface area (Å²) in [4.78, 5) is 46.3. The molecule has 3 aromatic rings. The van der Waals surface area contributed by atoms with Crippen LogP contribution in [0.5, 0.6) is 5.75 Å². The SMILES string of the molecule is COc1ccc(CC(=O)N2CCCN(C(C)C)CCN(C(=O)C3CCN(c4nc(C)cc(C)n4)CC3)Cc3cccc(C)c32)cc1. The molecule has 1 saturated heterocycles. The number of hydrogen-bond acceptors (Lipinski definition) is 7. The maximum Gasteiger partial charge on any atom is 0.231 e. The molecule has 0 N–H and O–H groups in total. The first-order valence-corrected chi connectivity index (χ1v) is 16.7. The number of aryl methyl sites for hydroxylation is 3. The molecule has 2 aliphatic rings. The van der Waals surface area contributed by atoms with Crippen LogP contribution in [-0.4, -0.2) is 84.0 Å². The fourth-order valence-electron chi connectivity index (χ4n) is 6.82. The van der Waals surface area contributed by atoms with Gasteiger partial charge >= 0.3 is 0 Å². The topological polar surface area (TPSA) is 82.1 Å². The number of rotatable bonds is 6. The fourth-order valence-corrected chi connectivity index (χ4v) is 6.82. The second-order valence-corrected chi connectivity index (χ2v) is 13.1. The van der Waals surface area contributed by atoms with Gasteiger partial charge in [0.25, 0.3) is 0 Å². The Morgan fingerprint density at radius 2 is 1.59 bits per heavy atom. The molecular weight excluding hydrogens is 576 g/mol. The lowest BCUT2D eigenvalue weighted by Crippen LogP contribution is -2.46. The second kappa shape index (κ2) is 15.1. The molecule has 2 aliphatic heterocycles. The molecule has 46 heavy (non-hydrogen) atoms. The van der Waals surface area contributed by atoms with Gasteiger partial charge in [-0.2, -0.15) is 0 Å². The van der Waals surface area contributed by atoms with Crippen molar-refractivity contribution in [3.05, 3.63) is 76.6 Å². The Morgan fingerprint density at radius 3 is 2.24 bits per heavy atom. The van der Waals surface area contributed by atoms with Gasteiger partial charge in [0.05, 0.1) is 19.2 Å². The minimum Gasteiger partial charge on any atom is -0.497 e. The van der Waals surface area contributed by atoms with Crippen molar-refractivity contribution in [2.45, 2.75) is 72.9 Å². The predicted octanol–water partition coefficient (Wildman–Crippen LogP) is 5.35. The lowest BCUT2D eigenvalue weighted by atomic mass is 9.95. The highest BCUT2D eigenvalue weighted by atomic mass is 16.5. The third-order valence-corrected chi connectivity index (χ3v) is 9.39. The smallest absolute Gasteiger partial charge is 0.231 e. The number of carbonyl (C=O) groups is 2. The van der Waals surface area contributed by atoms with E-state index in [4.69, 9.17) is 4.74 Å². The molecule has 246 valence electrons. The molecule has 0 spiro atoms. The molecule has 0 aliphatic carbocycles. The lowest BCUT2D eigenvalue weighted by molar-refractivity contribution is -0.137. The van der Waals surface area contributed by atoms with E-state index in [-0.39, 0.29) is 17.7 Å². The zero-order valence-electron chi connectivity index (χ0n) is 28.5. The number of nitrogens with zero attached hydrogens (tertiary/aromatic N) is 6. The highest BCUT2D eigenvalue weighted by molar-refractivity contribution is 5.96. The van der Waals surface area contributed by atoms with Crippen molar-refractivity contribution < 1.29 is 14.3 Å². The monoisotopic (exact) mass is 626 g/mol. The van der Waals surface area contributed by atoms with Crippen LogP contribution in [0.1, 0.15) is 61.2 Å². The van der Waals surface area contributed by atoms with Gasteiger partial charge in [-0.3, -0.25) is 14.5 Å². The summed E-state index contributed by atoms with van der Waals surface area (Å²) in [7, 11) is 1.65.